The van der Waals surface area contributed by atoms with Gasteiger partial charge >= 0.3 is 0 Å². The molecular formula is C13H19NO. The molecule has 0 bridgehead atoms. The highest BCUT2D eigenvalue weighted by Crippen LogP contribution is 2.43. The van der Waals surface area contributed by atoms with Crippen LogP contribution in [-0.4, -0.2) is 11.1 Å². The Balaban J connectivity index is 2.34. The normalized spacial score (nSPS) is 22.9. The molecule has 2 heteroatoms. The molecule has 82 valence electrons. The van der Waals surface area contributed by atoms with E-state index in [0.717, 1.165) is 18.4 Å². The van der Waals surface area contributed by atoms with E-state index in [9.17, 15) is 5.11 Å². The molecule has 2 atom stereocenters. The third-order valence-electron chi connectivity index (χ3n) is 3.66. The van der Waals surface area contributed by atoms with Crippen molar-refractivity contribution in [3.63, 3.8) is 0 Å². The molecule has 3 N–H and O–H groups in total. The van der Waals surface area contributed by atoms with E-state index in [1.165, 1.54) is 6.42 Å². The van der Waals surface area contributed by atoms with Gasteiger partial charge in [-0.3, -0.25) is 0 Å². The molecule has 0 aromatic heterocycles. The average molecular weight is 205 g/mol. The Morgan fingerprint density at radius 3 is 2.33 bits per heavy atom. The fourth-order valence-corrected chi connectivity index (χ4v) is 2.42. The van der Waals surface area contributed by atoms with Crippen molar-refractivity contribution in [2.45, 2.75) is 37.8 Å². The van der Waals surface area contributed by atoms with Crippen molar-refractivity contribution in [2.24, 2.45) is 11.7 Å². The number of hydrogen-bond donors (Lipinski definition) is 2. The van der Waals surface area contributed by atoms with Crippen LogP contribution in [0.4, 0.5) is 0 Å². The topological polar surface area (TPSA) is 46.2 Å². The van der Waals surface area contributed by atoms with Gasteiger partial charge in [-0.05, 0) is 31.2 Å². The summed E-state index contributed by atoms with van der Waals surface area (Å²) in [5.41, 5.74) is 6.09. The Morgan fingerprint density at radius 1 is 1.33 bits per heavy atom. The number of hydrogen-bond acceptors (Lipinski definition) is 2. The van der Waals surface area contributed by atoms with Gasteiger partial charge in [-0.1, -0.05) is 36.8 Å². The number of nitrogens with two attached hydrogens (primary N) is 1. The lowest BCUT2D eigenvalue weighted by molar-refractivity contribution is -0.0724. The molecule has 1 aromatic rings. The summed E-state index contributed by atoms with van der Waals surface area (Å²) in [4.78, 5) is 0. The standard InChI is InChI=1S/C13H19NO/c1-10(14)13(15,12-8-5-9-12)11-6-3-2-4-7-11/h2-4,6-7,10,12,15H,5,8-9,14H2,1H3. The van der Waals surface area contributed by atoms with Crippen molar-refractivity contribution in [2.75, 3.05) is 0 Å². The fraction of sp³-hybridized carbons (Fsp3) is 0.538. The molecule has 0 aliphatic heterocycles. The molecule has 0 amide bonds. The smallest absolute Gasteiger partial charge is 0.107 e. The second-order valence-corrected chi connectivity index (χ2v) is 4.61. The van der Waals surface area contributed by atoms with E-state index in [4.69, 9.17) is 5.73 Å². The summed E-state index contributed by atoms with van der Waals surface area (Å²) in [5, 5.41) is 10.8. The van der Waals surface area contributed by atoms with Gasteiger partial charge in [0, 0.05) is 6.04 Å². The van der Waals surface area contributed by atoms with Crippen LogP contribution >= 0.6 is 0 Å². The van der Waals surface area contributed by atoms with Crippen molar-refractivity contribution in [1.82, 2.24) is 0 Å². The maximum atomic E-state index is 10.8. The van der Waals surface area contributed by atoms with E-state index < -0.39 is 5.60 Å². The van der Waals surface area contributed by atoms with Crippen LogP contribution in [-0.2, 0) is 5.60 Å². The summed E-state index contributed by atoms with van der Waals surface area (Å²) in [6.07, 6.45) is 3.40. The minimum Gasteiger partial charge on any atom is -0.383 e. The van der Waals surface area contributed by atoms with Gasteiger partial charge in [-0.15, -0.1) is 0 Å². The highest BCUT2D eigenvalue weighted by Gasteiger charge is 2.44. The predicted molar refractivity (Wildman–Crippen MR) is 61.3 cm³/mol. The van der Waals surface area contributed by atoms with Gasteiger partial charge in [0.1, 0.15) is 5.60 Å². The Morgan fingerprint density at radius 2 is 1.93 bits per heavy atom. The largest absolute Gasteiger partial charge is 0.383 e. The molecule has 2 nitrogen and oxygen atoms in total. The van der Waals surface area contributed by atoms with E-state index in [-0.39, 0.29) is 6.04 Å². The minimum atomic E-state index is -0.834. The Kier molecular flexibility index (Phi) is 2.81. The molecule has 2 rings (SSSR count). The van der Waals surface area contributed by atoms with E-state index in [1.54, 1.807) is 0 Å². The van der Waals surface area contributed by atoms with Crippen LogP contribution in [0.25, 0.3) is 0 Å². The predicted octanol–water partition coefficient (Wildman–Crippen LogP) is 2.02. The zero-order valence-corrected chi connectivity index (χ0v) is 9.19. The average Bonchev–Trinajstić information content (AvgIpc) is 2.16. The maximum absolute atomic E-state index is 10.8. The van der Waals surface area contributed by atoms with Gasteiger partial charge in [0.25, 0.3) is 0 Å². The third kappa shape index (κ3) is 1.68. The Bertz CT molecular complexity index is 319. The van der Waals surface area contributed by atoms with Gasteiger partial charge in [0.05, 0.1) is 0 Å². The summed E-state index contributed by atoms with van der Waals surface area (Å²) in [6, 6.07) is 9.61. The first-order chi connectivity index (χ1) is 7.15. The number of benzene rings is 1. The van der Waals surface area contributed by atoms with Crippen molar-refractivity contribution in [3.05, 3.63) is 35.9 Å². The van der Waals surface area contributed by atoms with Crippen LogP contribution in [0.5, 0.6) is 0 Å². The molecule has 1 aliphatic carbocycles. The first kappa shape index (κ1) is 10.7. The fourth-order valence-electron chi connectivity index (χ4n) is 2.42. The van der Waals surface area contributed by atoms with Crippen LogP contribution in [0.1, 0.15) is 31.7 Å². The van der Waals surface area contributed by atoms with Crippen molar-refractivity contribution < 1.29 is 5.11 Å². The van der Waals surface area contributed by atoms with Crippen LogP contribution in [0.15, 0.2) is 30.3 Å². The van der Waals surface area contributed by atoms with Gasteiger partial charge in [0.15, 0.2) is 0 Å². The van der Waals surface area contributed by atoms with E-state index >= 15 is 0 Å². The van der Waals surface area contributed by atoms with Crippen molar-refractivity contribution >= 4 is 0 Å². The van der Waals surface area contributed by atoms with Crippen molar-refractivity contribution in [1.29, 1.82) is 0 Å². The van der Waals surface area contributed by atoms with Gasteiger partial charge < -0.3 is 10.8 Å². The SMILES string of the molecule is CC(N)C(O)(c1ccccc1)C1CCC1. The lowest BCUT2D eigenvalue weighted by Crippen LogP contribution is -2.51. The monoisotopic (exact) mass is 205 g/mol. The van der Waals surface area contributed by atoms with Crippen molar-refractivity contribution in [3.8, 4) is 0 Å². The highest BCUT2D eigenvalue weighted by atomic mass is 16.3. The minimum absolute atomic E-state index is 0.217. The Hall–Kier alpha value is -0.860. The van der Waals surface area contributed by atoms with E-state index in [1.807, 2.05) is 37.3 Å². The molecule has 0 heterocycles. The van der Waals surface area contributed by atoms with Crippen LogP contribution in [0.3, 0.4) is 0 Å². The van der Waals surface area contributed by atoms with Crippen LogP contribution in [0, 0.1) is 5.92 Å². The zero-order chi connectivity index (χ0) is 10.9. The zero-order valence-electron chi connectivity index (χ0n) is 9.19. The first-order valence-electron chi connectivity index (χ1n) is 5.69. The van der Waals surface area contributed by atoms with Gasteiger partial charge in [0.2, 0.25) is 0 Å². The van der Waals surface area contributed by atoms with Crippen LogP contribution < -0.4 is 5.73 Å². The highest BCUT2D eigenvalue weighted by molar-refractivity contribution is 5.25. The summed E-state index contributed by atoms with van der Waals surface area (Å²) < 4.78 is 0. The van der Waals surface area contributed by atoms with Crippen LogP contribution in [0.2, 0.25) is 0 Å². The second-order valence-electron chi connectivity index (χ2n) is 4.61. The lowest BCUT2D eigenvalue weighted by Gasteiger charge is -2.44. The maximum Gasteiger partial charge on any atom is 0.107 e. The summed E-state index contributed by atoms with van der Waals surface area (Å²) >= 11 is 0. The second kappa shape index (κ2) is 3.95. The van der Waals surface area contributed by atoms with E-state index in [2.05, 4.69) is 0 Å². The third-order valence-corrected chi connectivity index (χ3v) is 3.66. The molecular weight excluding hydrogens is 186 g/mol. The molecule has 1 saturated carbocycles. The number of rotatable bonds is 3. The van der Waals surface area contributed by atoms with Gasteiger partial charge in [-0.25, -0.2) is 0 Å². The molecule has 1 fully saturated rings. The lowest BCUT2D eigenvalue weighted by atomic mass is 9.67. The van der Waals surface area contributed by atoms with Gasteiger partial charge in [-0.2, -0.15) is 0 Å². The molecule has 0 saturated heterocycles. The molecule has 15 heavy (non-hydrogen) atoms. The van der Waals surface area contributed by atoms with E-state index in [0.29, 0.717) is 5.92 Å². The molecule has 0 spiro atoms. The molecule has 0 radical (unpaired) electrons. The summed E-state index contributed by atoms with van der Waals surface area (Å²) in [5.74, 6) is 0.333. The molecule has 1 aromatic carbocycles. The summed E-state index contributed by atoms with van der Waals surface area (Å²) in [7, 11) is 0. The quantitative estimate of drug-likeness (QED) is 0.793. The Labute approximate surface area is 91.1 Å². The summed E-state index contributed by atoms with van der Waals surface area (Å²) in [6.45, 7) is 1.89. The molecule has 1 aliphatic rings. The molecule has 2 unspecified atom stereocenters. The first-order valence-corrected chi connectivity index (χ1v) is 5.69. The number of aliphatic hydroxyl groups is 1.